The van der Waals surface area contributed by atoms with Gasteiger partial charge >= 0.3 is 0 Å². The predicted molar refractivity (Wildman–Crippen MR) is 58.8 cm³/mol. The van der Waals surface area contributed by atoms with E-state index < -0.39 is 0 Å². The van der Waals surface area contributed by atoms with E-state index in [1.54, 1.807) is 6.20 Å². The minimum absolute atomic E-state index is 0.0201. The van der Waals surface area contributed by atoms with Crippen molar-refractivity contribution in [2.75, 3.05) is 0 Å². The van der Waals surface area contributed by atoms with E-state index in [1.807, 2.05) is 19.1 Å². The number of aromatic nitrogens is 1. The Morgan fingerprint density at radius 1 is 1.50 bits per heavy atom. The third kappa shape index (κ3) is 3.20. The van der Waals surface area contributed by atoms with Crippen LogP contribution in [0.2, 0.25) is 0 Å². The molecule has 0 bridgehead atoms. The van der Waals surface area contributed by atoms with Crippen LogP contribution in [0.15, 0.2) is 18.3 Å². The fourth-order valence-electron chi connectivity index (χ4n) is 1.03. The van der Waals surface area contributed by atoms with Gasteiger partial charge in [-0.25, -0.2) is 0 Å². The number of pyridine rings is 1. The van der Waals surface area contributed by atoms with Crippen LogP contribution in [0.5, 0.6) is 0 Å². The minimum atomic E-state index is -0.0201. The van der Waals surface area contributed by atoms with Crippen LogP contribution in [0.3, 0.4) is 0 Å². The van der Waals surface area contributed by atoms with E-state index >= 15 is 0 Å². The molecule has 0 spiro atoms. The number of aryl methyl sites for hydroxylation is 1. The molecule has 0 radical (unpaired) electrons. The average Bonchev–Trinajstić information content (AvgIpc) is 2.26. The molecule has 0 aliphatic heterocycles. The summed E-state index contributed by atoms with van der Waals surface area (Å²) in [6.45, 7) is 4.11. The molecule has 0 saturated heterocycles. The topological polar surface area (TPSA) is 38.9 Å². The Hall–Kier alpha value is -1.33. The van der Waals surface area contributed by atoms with Crippen molar-refractivity contribution in [1.29, 1.82) is 0 Å². The third-order valence-electron chi connectivity index (χ3n) is 2.02. The molecule has 1 rings (SSSR count). The molecule has 14 heavy (non-hydrogen) atoms. The smallest absolute Gasteiger partial charge is 0.0665 e. The van der Waals surface area contributed by atoms with Gasteiger partial charge in [0.05, 0.1) is 6.04 Å². The van der Waals surface area contributed by atoms with E-state index in [0.717, 1.165) is 24.1 Å². The fourth-order valence-corrected chi connectivity index (χ4v) is 1.03. The third-order valence-corrected chi connectivity index (χ3v) is 2.02. The first-order valence-corrected chi connectivity index (χ1v) is 4.98. The van der Waals surface area contributed by atoms with Crippen molar-refractivity contribution >= 4 is 0 Å². The standard InChI is InChI=1S/C12H16N2/c1-3-11(13)6-5-10-7-8-14-12(4-2)9-10/h7-9,11H,3-4,13H2,1-2H3. The highest BCUT2D eigenvalue weighted by Gasteiger charge is 1.93. The zero-order chi connectivity index (χ0) is 10.4. The highest BCUT2D eigenvalue weighted by atomic mass is 14.7. The van der Waals surface area contributed by atoms with Gasteiger partial charge in [0.2, 0.25) is 0 Å². The number of nitrogens with zero attached hydrogens (tertiary/aromatic N) is 1. The van der Waals surface area contributed by atoms with E-state index in [0.29, 0.717) is 0 Å². The molecule has 0 amide bonds. The lowest BCUT2D eigenvalue weighted by Crippen LogP contribution is -2.15. The molecule has 1 heterocycles. The zero-order valence-corrected chi connectivity index (χ0v) is 8.75. The second kappa shape index (κ2) is 5.41. The van der Waals surface area contributed by atoms with Crippen LogP contribution in [0.1, 0.15) is 31.5 Å². The van der Waals surface area contributed by atoms with Gasteiger partial charge in [0, 0.05) is 17.5 Å². The number of rotatable bonds is 2. The molecule has 1 atom stereocenters. The van der Waals surface area contributed by atoms with Gasteiger partial charge in [-0.3, -0.25) is 4.98 Å². The van der Waals surface area contributed by atoms with Gasteiger partial charge in [0.25, 0.3) is 0 Å². The van der Waals surface area contributed by atoms with Crippen LogP contribution in [-0.4, -0.2) is 11.0 Å². The van der Waals surface area contributed by atoms with Gasteiger partial charge in [-0.15, -0.1) is 0 Å². The number of hydrogen-bond donors (Lipinski definition) is 1. The van der Waals surface area contributed by atoms with E-state index in [1.165, 1.54) is 0 Å². The van der Waals surface area contributed by atoms with Crippen LogP contribution >= 0.6 is 0 Å². The van der Waals surface area contributed by atoms with Crippen LogP contribution < -0.4 is 5.73 Å². The Balaban J connectivity index is 2.79. The minimum Gasteiger partial charge on any atom is -0.318 e. The second-order valence-corrected chi connectivity index (χ2v) is 3.17. The van der Waals surface area contributed by atoms with Gasteiger partial charge in [-0.1, -0.05) is 25.7 Å². The van der Waals surface area contributed by atoms with Crippen molar-refractivity contribution in [3.63, 3.8) is 0 Å². The predicted octanol–water partition coefficient (Wildman–Crippen LogP) is 1.73. The van der Waals surface area contributed by atoms with Crippen molar-refractivity contribution in [2.45, 2.75) is 32.7 Å². The molecule has 0 aromatic carbocycles. The molecule has 74 valence electrons. The summed E-state index contributed by atoms with van der Waals surface area (Å²) >= 11 is 0. The Morgan fingerprint density at radius 3 is 2.93 bits per heavy atom. The molecule has 0 aliphatic carbocycles. The highest BCUT2D eigenvalue weighted by Crippen LogP contribution is 2.00. The summed E-state index contributed by atoms with van der Waals surface area (Å²) in [5.41, 5.74) is 7.77. The second-order valence-electron chi connectivity index (χ2n) is 3.17. The van der Waals surface area contributed by atoms with Crippen LogP contribution in [0.4, 0.5) is 0 Å². The monoisotopic (exact) mass is 188 g/mol. The van der Waals surface area contributed by atoms with E-state index in [-0.39, 0.29) is 6.04 Å². The Bertz CT molecular complexity index is 347. The normalized spacial score (nSPS) is 11.6. The summed E-state index contributed by atoms with van der Waals surface area (Å²) < 4.78 is 0. The lowest BCUT2D eigenvalue weighted by atomic mass is 10.2. The SMILES string of the molecule is CCc1cc(C#CC(N)CC)ccn1. The van der Waals surface area contributed by atoms with Gasteiger partial charge in [-0.2, -0.15) is 0 Å². The van der Waals surface area contributed by atoms with Crippen LogP contribution in [0, 0.1) is 11.8 Å². The fraction of sp³-hybridized carbons (Fsp3) is 0.417. The van der Waals surface area contributed by atoms with Gasteiger partial charge in [0.15, 0.2) is 0 Å². The first-order valence-electron chi connectivity index (χ1n) is 4.98. The largest absolute Gasteiger partial charge is 0.318 e. The van der Waals surface area contributed by atoms with Gasteiger partial charge in [-0.05, 0) is 25.0 Å². The Labute approximate surface area is 85.5 Å². The average molecular weight is 188 g/mol. The van der Waals surface area contributed by atoms with Crippen LogP contribution in [0.25, 0.3) is 0 Å². The number of nitrogens with two attached hydrogens (primary N) is 1. The van der Waals surface area contributed by atoms with Crippen molar-refractivity contribution < 1.29 is 0 Å². The molecule has 0 saturated carbocycles. The first-order chi connectivity index (χ1) is 6.76. The summed E-state index contributed by atoms with van der Waals surface area (Å²) in [5.74, 6) is 6.05. The molecule has 2 nitrogen and oxygen atoms in total. The molecule has 2 N–H and O–H groups in total. The summed E-state index contributed by atoms with van der Waals surface area (Å²) in [5, 5.41) is 0. The van der Waals surface area contributed by atoms with Gasteiger partial charge < -0.3 is 5.73 Å². The Morgan fingerprint density at radius 2 is 2.29 bits per heavy atom. The molecule has 1 aromatic rings. The molecular formula is C12H16N2. The van der Waals surface area contributed by atoms with E-state index in [2.05, 4.69) is 23.7 Å². The molecule has 0 aliphatic rings. The molecule has 2 heteroatoms. The van der Waals surface area contributed by atoms with Crippen molar-refractivity contribution in [3.8, 4) is 11.8 Å². The molecular weight excluding hydrogens is 172 g/mol. The van der Waals surface area contributed by atoms with Crippen molar-refractivity contribution in [1.82, 2.24) is 4.98 Å². The molecule has 1 unspecified atom stereocenters. The maximum Gasteiger partial charge on any atom is 0.0665 e. The maximum absolute atomic E-state index is 5.70. The van der Waals surface area contributed by atoms with Gasteiger partial charge in [0.1, 0.15) is 0 Å². The molecule has 0 fully saturated rings. The summed E-state index contributed by atoms with van der Waals surface area (Å²) in [7, 11) is 0. The highest BCUT2D eigenvalue weighted by molar-refractivity contribution is 5.35. The number of hydrogen-bond acceptors (Lipinski definition) is 2. The summed E-state index contributed by atoms with van der Waals surface area (Å²) in [6.07, 6.45) is 3.62. The Kier molecular flexibility index (Phi) is 4.15. The zero-order valence-electron chi connectivity index (χ0n) is 8.75. The lowest BCUT2D eigenvalue weighted by Gasteiger charge is -1.97. The van der Waals surface area contributed by atoms with E-state index in [9.17, 15) is 0 Å². The van der Waals surface area contributed by atoms with Crippen LogP contribution in [-0.2, 0) is 6.42 Å². The van der Waals surface area contributed by atoms with Crippen molar-refractivity contribution in [2.24, 2.45) is 5.73 Å². The quantitative estimate of drug-likeness (QED) is 0.718. The summed E-state index contributed by atoms with van der Waals surface area (Å²) in [6, 6.07) is 3.90. The maximum atomic E-state index is 5.70. The lowest BCUT2D eigenvalue weighted by molar-refractivity contribution is 0.806. The molecule has 1 aromatic heterocycles. The van der Waals surface area contributed by atoms with Crippen molar-refractivity contribution in [3.05, 3.63) is 29.6 Å². The first kappa shape index (κ1) is 10.7. The summed E-state index contributed by atoms with van der Waals surface area (Å²) in [4.78, 5) is 4.21. The van der Waals surface area contributed by atoms with E-state index in [4.69, 9.17) is 5.73 Å².